The zero-order valence-electron chi connectivity index (χ0n) is 18.5. The first-order valence-corrected chi connectivity index (χ1v) is 10.2. The molecule has 168 valence electrons. The van der Waals surface area contributed by atoms with Crippen molar-refractivity contribution in [3.8, 4) is 5.75 Å². The van der Waals surface area contributed by atoms with Gasteiger partial charge in [-0.3, -0.25) is 0 Å². The van der Waals surface area contributed by atoms with Gasteiger partial charge in [-0.15, -0.1) is 0 Å². The summed E-state index contributed by atoms with van der Waals surface area (Å²) in [5.41, 5.74) is 1.30. The number of urea groups is 1. The number of aromatic nitrogens is 2. The summed E-state index contributed by atoms with van der Waals surface area (Å²) in [5.74, 6) is 1.15. The van der Waals surface area contributed by atoms with E-state index in [1.54, 1.807) is 31.4 Å². The predicted octanol–water partition coefficient (Wildman–Crippen LogP) is 3.57. The number of ether oxygens (including phenoxy) is 2. The van der Waals surface area contributed by atoms with E-state index in [1.807, 2.05) is 38.1 Å². The van der Waals surface area contributed by atoms with Gasteiger partial charge in [-0.05, 0) is 30.2 Å². The second-order valence-corrected chi connectivity index (χ2v) is 7.43. The first-order valence-electron chi connectivity index (χ1n) is 10.2. The van der Waals surface area contributed by atoms with Crippen LogP contribution >= 0.6 is 0 Å². The van der Waals surface area contributed by atoms with E-state index in [4.69, 9.17) is 9.47 Å². The maximum Gasteiger partial charge on any atom is 0.328 e. The van der Waals surface area contributed by atoms with Gasteiger partial charge in [0.25, 0.3) is 0 Å². The first kappa shape index (κ1) is 22.8. The van der Waals surface area contributed by atoms with E-state index in [0.717, 1.165) is 5.39 Å². The minimum absolute atomic E-state index is 0.0219. The molecule has 32 heavy (non-hydrogen) atoms. The maximum absolute atomic E-state index is 12.3. The molecule has 9 heteroatoms. The normalized spacial score (nSPS) is 11.7. The molecule has 0 saturated carbocycles. The molecule has 0 aliphatic heterocycles. The van der Waals surface area contributed by atoms with Crippen LogP contribution in [0, 0.1) is 5.92 Å². The molecule has 3 aromatic rings. The Morgan fingerprint density at radius 2 is 1.81 bits per heavy atom. The number of rotatable bonds is 8. The van der Waals surface area contributed by atoms with Crippen molar-refractivity contribution in [3.63, 3.8) is 0 Å². The van der Waals surface area contributed by atoms with Crippen molar-refractivity contribution in [3.05, 3.63) is 54.4 Å². The Balaban J connectivity index is 1.78. The SMILES string of the molecule is COC(=O)[C@@H](Nc1nc(CNC(=O)Nc2cccc(OC)c2)nc2ccccc12)C(C)C. The Kier molecular flexibility index (Phi) is 7.43. The minimum Gasteiger partial charge on any atom is -0.497 e. The summed E-state index contributed by atoms with van der Waals surface area (Å²) in [6.45, 7) is 3.94. The van der Waals surface area contributed by atoms with Gasteiger partial charge in [0, 0.05) is 17.1 Å². The molecule has 0 radical (unpaired) electrons. The van der Waals surface area contributed by atoms with Gasteiger partial charge in [-0.1, -0.05) is 32.0 Å². The predicted molar refractivity (Wildman–Crippen MR) is 123 cm³/mol. The van der Waals surface area contributed by atoms with Crippen molar-refractivity contribution in [1.29, 1.82) is 0 Å². The number of esters is 1. The van der Waals surface area contributed by atoms with Gasteiger partial charge in [0.2, 0.25) is 0 Å². The van der Waals surface area contributed by atoms with Crippen molar-refractivity contribution in [2.45, 2.75) is 26.4 Å². The third-order valence-corrected chi connectivity index (χ3v) is 4.80. The average Bonchev–Trinajstić information content (AvgIpc) is 2.80. The lowest BCUT2D eigenvalue weighted by molar-refractivity contribution is -0.142. The number of para-hydroxylation sites is 1. The molecule has 0 aliphatic carbocycles. The lowest BCUT2D eigenvalue weighted by atomic mass is 10.0. The monoisotopic (exact) mass is 437 g/mol. The van der Waals surface area contributed by atoms with Gasteiger partial charge < -0.3 is 25.4 Å². The molecule has 3 rings (SSSR count). The van der Waals surface area contributed by atoms with Crippen LogP contribution in [0.25, 0.3) is 10.9 Å². The smallest absolute Gasteiger partial charge is 0.328 e. The molecule has 0 fully saturated rings. The molecule has 0 bridgehead atoms. The Labute approximate surface area is 186 Å². The standard InChI is InChI=1S/C23H27N5O4/c1-14(2)20(22(29)32-4)28-21-17-10-5-6-11-18(17)26-19(27-21)13-24-23(30)25-15-8-7-9-16(12-15)31-3/h5-12,14,20H,13H2,1-4H3,(H2,24,25,30)(H,26,27,28)/t20-/m0/s1. The zero-order chi connectivity index (χ0) is 23.1. The molecule has 2 aromatic carbocycles. The first-order chi connectivity index (χ1) is 15.4. The number of hydrogen-bond donors (Lipinski definition) is 3. The van der Waals surface area contributed by atoms with Crippen LogP contribution in [0.15, 0.2) is 48.5 Å². The van der Waals surface area contributed by atoms with Gasteiger partial charge in [0.1, 0.15) is 17.6 Å². The van der Waals surface area contributed by atoms with E-state index in [2.05, 4.69) is 25.9 Å². The third-order valence-electron chi connectivity index (χ3n) is 4.80. The summed E-state index contributed by atoms with van der Waals surface area (Å²) in [6, 6.07) is 13.5. The summed E-state index contributed by atoms with van der Waals surface area (Å²) < 4.78 is 10.1. The highest BCUT2D eigenvalue weighted by molar-refractivity contribution is 5.91. The third kappa shape index (κ3) is 5.63. The number of fused-ring (bicyclic) bond motifs is 1. The highest BCUT2D eigenvalue weighted by Crippen LogP contribution is 2.23. The van der Waals surface area contributed by atoms with Crippen LogP contribution in [0.4, 0.5) is 16.3 Å². The Bertz CT molecular complexity index is 1100. The number of anilines is 2. The second-order valence-electron chi connectivity index (χ2n) is 7.43. The van der Waals surface area contributed by atoms with Gasteiger partial charge in [0.15, 0.2) is 5.82 Å². The number of nitrogens with one attached hydrogen (secondary N) is 3. The van der Waals surface area contributed by atoms with Crippen LogP contribution < -0.4 is 20.7 Å². The highest BCUT2D eigenvalue weighted by Gasteiger charge is 2.24. The van der Waals surface area contributed by atoms with E-state index in [9.17, 15) is 9.59 Å². The Morgan fingerprint density at radius 3 is 2.53 bits per heavy atom. The lowest BCUT2D eigenvalue weighted by Gasteiger charge is -2.21. The molecular weight excluding hydrogens is 410 g/mol. The minimum atomic E-state index is -0.574. The van der Waals surface area contributed by atoms with Gasteiger partial charge >= 0.3 is 12.0 Å². The summed E-state index contributed by atoms with van der Waals surface area (Å²) in [6.07, 6.45) is 0. The van der Waals surface area contributed by atoms with E-state index >= 15 is 0 Å². The van der Waals surface area contributed by atoms with Crippen LogP contribution in [-0.2, 0) is 16.1 Å². The molecule has 1 atom stereocenters. The summed E-state index contributed by atoms with van der Waals surface area (Å²) in [7, 11) is 2.92. The maximum atomic E-state index is 12.3. The highest BCUT2D eigenvalue weighted by atomic mass is 16.5. The average molecular weight is 438 g/mol. The topological polar surface area (TPSA) is 114 Å². The van der Waals surface area contributed by atoms with Crippen LogP contribution in [0.5, 0.6) is 5.75 Å². The number of amides is 2. The largest absolute Gasteiger partial charge is 0.497 e. The van der Waals surface area contributed by atoms with Crippen LogP contribution in [0.2, 0.25) is 0 Å². The summed E-state index contributed by atoms with van der Waals surface area (Å²) in [4.78, 5) is 33.6. The molecule has 1 heterocycles. The Hall–Kier alpha value is -3.88. The molecule has 1 aromatic heterocycles. The summed E-state index contributed by atoms with van der Waals surface area (Å²) >= 11 is 0. The quantitative estimate of drug-likeness (QED) is 0.462. The van der Waals surface area contributed by atoms with E-state index < -0.39 is 12.1 Å². The zero-order valence-corrected chi connectivity index (χ0v) is 18.5. The number of hydrogen-bond acceptors (Lipinski definition) is 7. The van der Waals surface area contributed by atoms with Crippen LogP contribution in [0.1, 0.15) is 19.7 Å². The fourth-order valence-electron chi connectivity index (χ4n) is 3.12. The number of nitrogens with zero attached hydrogens (tertiary/aromatic N) is 2. The van der Waals surface area contributed by atoms with Crippen molar-refractivity contribution < 1.29 is 19.1 Å². The molecule has 0 spiro atoms. The van der Waals surface area contributed by atoms with E-state index in [1.165, 1.54) is 7.11 Å². The van der Waals surface area contributed by atoms with Crippen LogP contribution in [-0.4, -0.2) is 42.2 Å². The number of methoxy groups -OCH3 is 2. The van der Waals surface area contributed by atoms with Crippen molar-refractivity contribution >= 4 is 34.4 Å². The van der Waals surface area contributed by atoms with E-state index in [0.29, 0.717) is 28.6 Å². The fraction of sp³-hybridized carbons (Fsp3) is 0.304. The molecule has 3 N–H and O–H groups in total. The van der Waals surface area contributed by atoms with Crippen LogP contribution in [0.3, 0.4) is 0 Å². The van der Waals surface area contributed by atoms with Crippen molar-refractivity contribution in [2.75, 3.05) is 24.9 Å². The number of benzene rings is 2. The molecule has 0 unspecified atom stereocenters. The lowest BCUT2D eigenvalue weighted by Crippen LogP contribution is -2.36. The van der Waals surface area contributed by atoms with E-state index in [-0.39, 0.29) is 18.4 Å². The van der Waals surface area contributed by atoms with Gasteiger partial charge in [0.05, 0.1) is 26.3 Å². The molecule has 0 saturated heterocycles. The van der Waals surface area contributed by atoms with Gasteiger partial charge in [-0.2, -0.15) is 0 Å². The van der Waals surface area contributed by atoms with Crippen molar-refractivity contribution in [2.24, 2.45) is 5.92 Å². The number of carbonyl (C=O) groups excluding carboxylic acids is 2. The molecule has 9 nitrogen and oxygen atoms in total. The molecule has 0 aliphatic rings. The van der Waals surface area contributed by atoms with Crippen molar-refractivity contribution in [1.82, 2.24) is 15.3 Å². The Morgan fingerprint density at radius 1 is 1.03 bits per heavy atom. The van der Waals surface area contributed by atoms with Gasteiger partial charge in [-0.25, -0.2) is 19.6 Å². The molecular formula is C23H27N5O4. The number of carbonyl (C=O) groups is 2. The molecule has 2 amide bonds. The fourth-order valence-corrected chi connectivity index (χ4v) is 3.12. The second kappa shape index (κ2) is 10.4. The summed E-state index contributed by atoms with van der Waals surface area (Å²) in [5, 5.41) is 9.45.